The first-order chi connectivity index (χ1) is 6.83. The van der Waals surface area contributed by atoms with Crippen molar-refractivity contribution in [1.82, 2.24) is 10.9 Å². The first-order valence-corrected chi connectivity index (χ1v) is 5.01. The van der Waals surface area contributed by atoms with Gasteiger partial charge >= 0.3 is 10.4 Å². The third kappa shape index (κ3) is 140. The lowest BCUT2D eigenvalue weighted by atomic mass is 10.7. The lowest BCUT2D eigenvalue weighted by molar-refractivity contribution is 0.293. The number of hydrogen-bond acceptors (Lipinski definition) is 8. The van der Waals surface area contributed by atoms with Crippen LogP contribution in [0.1, 0.15) is 0 Å². The number of nitrogens with one attached hydrogen (secondary N) is 2. The average molecular weight is 250 g/mol. The molecule has 0 aliphatic rings. The van der Waals surface area contributed by atoms with Crippen LogP contribution in [0.15, 0.2) is 0 Å². The maximum Gasteiger partial charge on any atom is 0.394 e. The molecule has 0 aromatic carbocycles. The molecule has 0 amide bonds. The Bertz CT molecular complexity index is 168. The van der Waals surface area contributed by atoms with Crippen LogP contribution in [0, 0.1) is 0 Å². The van der Waals surface area contributed by atoms with Crippen molar-refractivity contribution in [1.29, 1.82) is 0 Å². The van der Waals surface area contributed by atoms with Crippen LogP contribution in [0.3, 0.4) is 0 Å². The Morgan fingerprint density at radius 1 is 0.933 bits per heavy atom. The molecule has 0 spiro atoms. The van der Waals surface area contributed by atoms with Crippen LogP contribution >= 0.6 is 0 Å². The van der Waals surface area contributed by atoms with E-state index in [2.05, 4.69) is 10.9 Å². The van der Waals surface area contributed by atoms with Crippen molar-refractivity contribution < 1.29 is 27.7 Å². The molecule has 0 aromatic heterocycles. The monoisotopic (exact) mass is 250 g/mol. The number of nitrogens with two attached hydrogens (primary N) is 2. The fraction of sp³-hybridized carbons (Fsp3) is 1.00. The summed E-state index contributed by atoms with van der Waals surface area (Å²) in [6.07, 6.45) is 0. The fourth-order valence-electron chi connectivity index (χ4n) is 0.129. The van der Waals surface area contributed by atoms with Crippen LogP contribution in [-0.2, 0) is 10.4 Å². The molecule has 15 heavy (non-hydrogen) atoms. The summed E-state index contributed by atoms with van der Waals surface area (Å²) in [7, 11) is -4.67. The van der Waals surface area contributed by atoms with E-state index < -0.39 is 10.4 Å². The summed E-state index contributed by atoms with van der Waals surface area (Å²) in [5.41, 5.74) is 4.53. The van der Waals surface area contributed by atoms with Crippen LogP contribution in [0.25, 0.3) is 0 Å². The molecule has 0 saturated carbocycles. The smallest absolute Gasteiger partial charge is 0.394 e. The van der Waals surface area contributed by atoms with Crippen molar-refractivity contribution in [3.63, 3.8) is 0 Å². The van der Waals surface area contributed by atoms with E-state index in [9.17, 15) is 0 Å². The maximum atomic E-state index is 8.74. The van der Waals surface area contributed by atoms with E-state index >= 15 is 0 Å². The second-order valence-electron chi connectivity index (χ2n) is 1.80. The molecule has 0 fully saturated rings. The summed E-state index contributed by atoms with van der Waals surface area (Å²) >= 11 is 0. The van der Waals surface area contributed by atoms with Crippen molar-refractivity contribution in [2.24, 2.45) is 11.7 Å². The highest BCUT2D eigenvalue weighted by Gasteiger charge is 1.84. The maximum absolute atomic E-state index is 8.74. The highest BCUT2D eigenvalue weighted by molar-refractivity contribution is 7.79. The van der Waals surface area contributed by atoms with Gasteiger partial charge in [0.25, 0.3) is 0 Å². The van der Waals surface area contributed by atoms with Gasteiger partial charge in [0.15, 0.2) is 0 Å². The molecule has 0 atom stereocenters. The highest BCUT2D eigenvalue weighted by atomic mass is 32.3. The lowest BCUT2D eigenvalue weighted by Crippen LogP contribution is -2.24. The topological polar surface area (TPSA) is 191 Å². The second kappa shape index (κ2) is 16.1. The van der Waals surface area contributed by atoms with Crippen LogP contribution in [0.5, 0.6) is 0 Å². The van der Waals surface area contributed by atoms with Crippen molar-refractivity contribution in [2.45, 2.75) is 0 Å². The minimum absolute atomic E-state index is 0.108. The van der Waals surface area contributed by atoms with Gasteiger partial charge in [-0.15, -0.1) is 0 Å². The van der Waals surface area contributed by atoms with Crippen molar-refractivity contribution in [3.05, 3.63) is 0 Å². The number of aliphatic hydroxyl groups excluding tert-OH is 2. The van der Waals surface area contributed by atoms with Crippen LogP contribution < -0.4 is 22.5 Å². The van der Waals surface area contributed by atoms with E-state index in [1.807, 2.05) is 0 Å². The van der Waals surface area contributed by atoms with Crippen molar-refractivity contribution in [2.75, 3.05) is 26.3 Å². The quantitative estimate of drug-likeness (QED) is 0.139. The Kier molecular flexibility index (Phi) is 21.5. The van der Waals surface area contributed by atoms with Gasteiger partial charge in [0.2, 0.25) is 0 Å². The summed E-state index contributed by atoms with van der Waals surface area (Å²) in [5.74, 6) is 9.46. The van der Waals surface area contributed by atoms with E-state index in [1.165, 1.54) is 0 Å². The molecule has 0 saturated heterocycles. The van der Waals surface area contributed by atoms with Gasteiger partial charge in [-0.25, -0.2) is 0 Å². The van der Waals surface area contributed by atoms with E-state index in [1.54, 1.807) is 0 Å². The first kappa shape index (κ1) is 20.1. The molecule has 0 heterocycles. The molecule has 0 aromatic rings. The molecule has 0 unspecified atom stereocenters. The minimum atomic E-state index is -4.67. The van der Waals surface area contributed by atoms with Gasteiger partial charge in [-0.05, 0) is 0 Å². The Morgan fingerprint density at radius 3 is 1.13 bits per heavy atom. The summed E-state index contributed by atoms with van der Waals surface area (Å²) in [6, 6.07) is 0. The SMILES string of the molecule is NNCCO.NNCCO.O=S(=O)(O)O. The Balaban J connectivity index is -0.000000144. The zero-order chi connectivity index (χ0) is 12.7. The van der Waals surface area contributed by atoms with E-state index in [0.717, 1.165) is 0 Å². The minimum Gasteiger partial charge on any atom is -0.395 e. The Hall–Kier alpha value is -0.370. The zero-order valence-electron chi connectivity index (χ0n) is 8.00. The highest BCUT2D eigenvalue weighted by Crippen LogP contribution is 1.59. The predicted octanol–water partition coefficient (Wildman–Crippen LogP) is -3.77. The van der Waals surface area contributed by atoms with Crippen LogP contribution in [-0.4, -0.2) is 54.0 Å². The normalized spacial score (nSPS) is 9.47. The number of rotatable bonds is 4. The number of hydrazine groups is 2. The van der Waals surface area contributed by atoms with Crippen molar-refractivity contribution >= 4 is 10.4 Å². The van der Waals surface area contributed by atoms with Gasteiger partial charge in [0.1, 0.15) is 0 Å². The molecule has 96 valence electrons. The standard InChI is InChI=1S/2C2H8N2O.H2O4S/c2*3-4-1-2-5;1-5(2,3)4/h2*4-5H,1-3H2;(H2,1,2,3,4). The summed E-state index contributed by atoms with van der Waals surface area (Å²) in [5, 5.41) is 15.8. The van der Waals surface area contributed by atoms with Gasteiger partial charge in [0.05, 0.1) is 13.2 Å². The second-order valence-corrected chi connectivity index (χ2v) is 2.70. The molecule has 10 nitrogen and oxygen atoms in total. The average Bonchev–Trinajstić information content (AvgIpc) is 2.05. The predicted molar refractivity (Wildman–Crippen MR) is 52.7 cm³/mol. The van der Waals surface area contributed by atoms with Gasteiger partial charge in [-0.3, -0.25) is 31.6 Å². The third-order valence-corrected chi connectivity index (χ3v) is 0.512. The molecule has 0 bridgehead atoms. The first-order valence-electron chi connectivity index (χ1n) is 3.62. The molecule has 11 heteroatoms. The summed E-state index contributed by atoms with van der Waals surface area (Å²) < 4.78 is 31.6. The van der Waals surface area contributed by atoms with Gasteiger partial charge in [0, 0.05) is 13.1 Å². The Labute approximate surface area is 87.8 Å². The van der Waals surface area contributed by atoms with Gasteiger partial charge in [-0.2, -0.15) is 8.42 Å². The lowest BCUT2D eigenvalue weighted by Gasteiger charge is -1.84. The largest absolute Gasteiger partial charge is 0.395 e. The van der Waals surface area contributed by atoms with Crippen LogP contribution in [0.4, 0.5) is 0 Å². The van der Waals surface area contributed by atoms with E-state index in [-0.39, 0.29) is 13.2 Å². The van der Waals surface area contributed by atoms with Gasteiger partial charge < -0.3 is 10.2 Å². The van der Waals surface area contributed by atoms with Gasteiger partial charge in [-0.1, -0.05) is 0 Å². The Morgan fingerprint density at radius 2 is 1.13 bits per heavy atom. The molecular weight excluding hydrogens is 232 g/mol. The fourth-order valence-corrected chi connectivity index (χ4v) is 0.129. The number of aliphatic hydroxyl groups is 2. The van der Waals surface area contributed by atoms with E-state index in [4.69, 9.17) is 39.4 Å². The molecule has 0 aliphatic heterocycles. The van der Waals surface area contributed by atoms with Crippen LogP contribution in [0.2, 0.25) is 0 Å². The van der Waals surface area contributed by atoms with E-state index in [0.29, 0.717) is 13.1 Å². The molecule has 0 radical (unpaired) electrons. The number of hydrogen-bond donors (Lipinski definition) is 8. The molecular formula is C4H18N4O6S. The summed E-state index contributed by atoms with van der Waals surface area (Å²) in [6.45, 7) is 1.16. The zero-order valence-corrected chi connectivity index (χ0v) is 8.81. The van der Waals surface area contributed by atoms with Crippen molar-refractivity contribution in [3.8, 4) is 0 Å². The summed E-state index contributed by atoms with van der Waals surface area (Å²) in [4.78, 5) is 0. The molecule has 0 rings (SSSR count). The molecule has 0 aliphatic carbocycles. The molecule has 10 N–H and O–H groups in total. The third-order valence-electron chi connectivity index (χ3n) is 0.512.